The topological polar surface area (TPSA) is 61.4 Å². The van der Waals surface area contributed by atoms with E-state index in [-0.39, 0.29) is 0 Å². The predicted molar refractivity (Wildman–Crippen MR) is 76.8 cm³/mol. The van der Waals surface area contributed by atoms with Crippen LogP contribution in [-0.2, 0) is 10.2 Å². The zero-order valence-corrected chi connectivity index (χ0v) is 13.0. The van der Waals surface area contributed by atoms with Crippen molar-refractivity contribution in [1.82, 2.24) is 14.3 Å². The molecule has 0 atom stereocenters. The average Bonchev–Trinajstić information content (AvgIpc) is 2.28. The molecule has 0 heterocycles. The van der Waals surface area contributed by atoms with Gasteiger partial charge in [0.15, 0.2) is 0 Å². The summed E-state index contributed by atoms with van der Waals surface area (Å²) in [6.45, 7) is 6.27. The summed E-state index contributed by atoms with van der Waals surface area (Å²) in [5.74, 6) is 0.686. The molecule has 0 saturated carbocycles. The minimum atomic E-state index is -3.29. The molecular formula is C12H29N3O2S. The van der Waals surface area contributed by atoms with Crippen LogP contribution in [0.15, 0.2) is 0 Å². The molecule has 2 N–H and O–H groups in total. The Hall–Kier alpha value is -0.170. The van der Waals surface area contributed by atoms with Gasteiger partial charge in [0.1, 0.15) is 0 Å². The van der Waals surface area contributed by atoms with Gasteiger partial charge in [-0.05, 0) is 32.4 Å². The van der Waals surface area contributed by atoms with E-state index in [0.29, 0.717) is 19.0 Å². The van der Waals surface area contributed by atoms with Crippen molar-refractivity contribution in [2.45, 2.75) is 39.5 Å². The molecule has 0 unspecified atom stereocenters. The Balaban J connectivity index is 3.78. The second-order valence-corrected chi connectivity index (χ2v) is 6.93. The van der Waals surface area contributed by atoms with Gasteiger partial charge in [0.25, 0.3) is 10.2 Å². The maximum Gasteiger partial charge on any atom is 0.279 e. The quantitative estimate of drug-likeness (QED) is 0.559. The Kier molecular flexibility index (Phi) is 9.63. The number of nitrogens with zero attached hydrogens (tertiary/aromatic N) is 1. The van der Waals surface area contributed by atoms with Crippen LogP contribution < -0.4 is 10.0 Å². The van der Waals surface area contributed by atoms with Gasteiger partial charge >= 0.3 is 0 Å². The summed E-state index contributed by atoms with van der Waals surface area (Å²) in [7, 11) is 0.194. The molecular weight excluding hydrogens is 250 g/mol. The lowest BCUT2D eigenvalue weighted by molar-refractivity contribution is 0.445. The third-order valence-electron chi connectivity index (χ3n) is 2.80. The van der Waals surface area contributed by atoms with Gasteiger partial charge in [-0.1, -0.05) is 26.7 Å². The van der Waals surface area contributed by atoms with Crippen LogP contribution in [0.3, 0.4) is 0 Å². The molecule has 0 spiro atoms. The molecule has 0 aliphatic rings. The molecule has 0 aliphatic carbocycles. The minimum absolute atomic E-state index is 0.533. The molecule has 0 rings (SSSR count). The van der Waals surface area contributed by atoms with Crippen molar-refractivity contribution >= 4 is 10.2 Å². The summed E-state index contributed by atoms with van der Waals surface area (Å²) >= 11 is 0. The van der Waals surface area contributed by atoms with Crippen molar-refractivity contribution in [1.29, 1.82) is 0 Å². The average molecular weight is 279 g/mol. The normalized spacial score (nSPS) is 12.6. The van der Waals surface area contributed by atoms with E-state index in [1.54, 1.807) is 7.05 Å². The zero-order valence-electron chi connectivity index (χ0n) is 12.2. The van der Waals surface area contributed by atoms with Crippen molar-refractivity contribution in [2.75, 3.05) is 33.7 Å². The van der Waals surface area contributed by atoms with Gasteiger partial charge in [-0.3, -0.25) is 0 Å². The molecule has 0 radical (unpaired) electrons. The first-order chi connectivity index (χ1) is 8.40. The maximum absolute atomic E-state index is 11.8. The summed E-state index contributed by atoms with van der Waals surface area (Å²) in [6.07, 6.45) is 3.95. The summed E-state index contributed by atoms with van der Waals surface area (Å²) in [4.78, 5) is 0. The second-order valence-electron chi connectivity index (χ2n) is 5.07. The second kappa shape index (κ2) is 9.72. The highest BCUT2D eigenvalue weighted by Crippen LogP contribution is 2.05. The Labute approximate surface area is 113 Å². The van der Waals surface area contributed by atoms with Crippen LogP contribution in [0, 0.1) is 5.92 Å². The molecule has 0 amide bonds. The number of rotatable bonds is 11. The van der Waals surface area contributed by atoms with Gasteiger partial charge in [0.2, 0.25) is 0 Å². The van der Waals surface area contributed by atoms with Crippen LogP contribution in [0.5, 0.6) is 0 Å². The van der Waals surface area contributed by atoms with Crippen LogP contribution in [-0.4, -0.2) is 46.5 Å². The predicted octanol–water partition coefficient (Wildman–Crippen LogP) is 1.19. The maximum atomic E-state index is 11.8. The third kappa shape index (κ3) is 8.85. The van der Waals surface area contributed by atoms with Crippen molar-refractivity contribution in [3.05, 3.63) is 0 Å². The van der Waals surface area contributed by atoms with Crippen LogP contribution in [0.4, 0.5) is 0 Å². The molecule has 0 aromatic carbocycles. The fourth-order valence-corrected chi connectivity index (χ4v) is 2.58. The van der Waals surface area contributed by atoms with Crippen LogP contribution >= 0.6 is 0 Å². The molecule has 0 aromatic rings. The van der Waals surface area contributed by atoms with E-state index < -0.39 is 10.2 Å². The first-order valence-corrected chi connectivity index (χ1v) is 8.19. The van der Waals surface area contributed by atoms with E-state index in [9.17, 15) is 8.42 Å². The minimum Gasteiger partial charge on any atom is -0.320 e. The SMILES string of the molecule is CNCCCN(C)S(=O)(=O)NCCCCC(C)C. The van der Waals surface area contributed by atoms with Gasteiger partial charge in [-0.2, -0.15) is 12.7 Å². The third-order valence-corrected chi connectivity index (χ3v) is 4.37. The van der Waals surface area contributed by atoms with Crippen molar-refractivity contribution < 1.29 is 8.42 Å². The summed E-state index contributed by atoms with van der Waals surface area (Å²) in [5, 5.41) is 3.00. The largest absolute Gasteiger partial charge is 0.320 e. The molecule has 110 valence electrons. The van der Waals surface area contributed by atoms with Crippen LogP contribution in [0.2, 0.25) is 0 Å². The number of hydrogen-bond acceptors (Lipinski definition) is 3. The van der Waals surface area contributed by atoms with E-state index >= 15 is 0 Å². The monoisotopic (exact) mass is 279 g/mol. The van der Waals surface area contributed by atoms with Crippen molar-refractivity contribution in [3.8, 4) is 0 Å². The lowest BCUT2D eigenvalue weighted by atomic mass is 10.1. The van der Waals surface area contributed by atoms with Gasteiger partial charge in [0, 0.05) is 20.1 Å². The Morgan fingerprint density at radius 1 is 1.11 bits per heavy atom. The van der Waals surface area contributed by atoms with Gasteiger partial charge in [-0.15, -0.1) is 0 Å². The Morgan fingerprint density at radius 2 is 1.78 bits per heavy atom. The number of unbranched alkanes of at least 4 members (excludes halogenated alkanes) is 1. The standard InChI is InChI=1S/C12H29N3O2S/c1-12(2)8-5-6-10-14-18(16,17)15(4)11-7-9-13-3/h12-14H,5-11H2,1-4H3. The van der Waals surface area contributed by atoms with Gasteiger partial charge < -0.3 is 5.32 Å². The fraction of sp³-hybridized carbons (Fsp3) is 1.00. The van der Waals surface area contributed by atoms with Crippen LogP contribution in [0.1, 0.15) is 39.5 Å². The summed E-state index contributed by atoms with van der Waals surface area (Å²) < 4.78 is 27.7. The van der Waals surface area contributed by atoms with Gasteiger partial charge in [-0.25, -0.2) is 4.72 Å². The Morgan fingerprint density at radius 3 is 2.33 bits per heavy atom. The van der Waals surface area contributed by atoms with E-state index in [0.717, 1.165) is 32.2 Å². The first-order valence-electron chi connectivity index (χ1n) is 6.75. The number of nitrogens with one attached hydrogen (secondary N) is 2. The molecule has 0 bridgehead atoms. The van der Waals surface area contributed by atoms with Crippen molar-refractivity contribution in [2.24, 2.45) is 5.92 Å². The van der Waals surface area contributed by atoms with E-state index in [1.165, 1.54) is 4.31 Å². The highest BCUT2D eigenvalue weighted by atomic mass is 32.2. The Bertz CT molecular complexity index is 292. The number of hydrogen-bond donors (Lipinski definition) is 2. The summed E-state index contributed by atoms with van der Waals surface area (Å²) in [6, 6.07) is 0. The molecule has 0 aromatic heterocycles. The van der Waals surface area contributed by atoms with Crippen LogP contribution in [0.25, 0.3) is 0 Å². The molecule has 18 heavy (non-hydrogen) atoms. The first kappa shape index (κ1) is 17.8. The fourth-order valence-electron chi connectivity index (χ4n) is 1.59. The summed E-state index contributed by atoms with van der Waals surface area (Å²) in [5.41, 5.74) is 0. The molecule has 5 nitrogen and oxygen atoms in total. The lowest BCUT2D eigenvalue weighted by Gasteiger charge is -2.17. The zero-order chi connectivity index (χ0) is 14.0. The molecule has 0 saturated heterocycles. The van der Waals surface area contributed by atoms with E-state index in [2.05, 4.69) is 23.9 Å². The lowest BCUT2D eigenvalue weighted by Crippen LogP contribution is -2.39. The molecule has 6 heteroatoms. The van der Waals surface area contributed by atoms with Crippen molar-refractivity contribution in [3.63, 3.8) is 0 Å². The van der Waals surface area contributed by atoms with E-state index in [1.807, 2.05) is 7.05 Å². The highest BCUT2D eigenvalue weighted by molar-refractivity contribution is 7.87. The highest BCUT2D eigenvalue weighted by Gasteiger charge is 2.15. The molecule has 0 fully saturated rings. The van der Waals surface area contributed by atoms with Gasteiger partial charge in [0.05, 0.1) is 0 Å². The molecule has 0 aliphatic heterocycles. The smallest absolute Gasteiger partial charge is 0.279 e. The van der Waals surface area contributed by atoms with E-state index in [4.69, 9.17) is 0 Å².